The van der Waals surface area contributed by atoms with E-state index in [0.29, 0.717) is 13.2 Å². The fourth-order valence-corrected chi connectivity index (χ4v) is 1.33. The Bertz CT molecular complexity index is 246. The molecule has 0 aromatic heterocycles. The lowest BCUT2D eigenvalue weighted by atomic mass is 9.89. The maximum Gasteiger partial charge on any atom is 0.273 e. The van der Waals surface area contributed by atoms with Crippen molar-refractivity contribution in [1.29, 1.82) is 0 Å². The molecule has 0 radical (unpaired) electrons. The van der Waals surface area contributed by atoms with E-state index in [1.807, 2.05) is 13.8 Å². The second kappa shape index (κ2) is 8.32. The van der Waals surface area contributed by atoms with Gasteiger partial charge in [0.25, 0.3) is 6.48 Å². The monoisotopic (exact) mass is 290 g/mol. The second-order valence-corrected chi connectivity index (χ2v) is 7.18. The van der Waals surface area contributed by atoms with E-state index in [2.05, 4.69) is 48.5 Å². The summed E-state index contributed by atoms with van der Waals surface area (Å²) in [5, 5.41) is 0. The van der Waals surface area contributed by atoms with Crippen LogP contribution < -0.4 is 0 Å². The standard InChI is InChI=1S/C16H34O4/c1-10-17-14(18-11-2)20-13(16(7,8)9)19-12(3)15(4,5)6/h12-14H,10-11H2,1-9H3. The average Bonchev–Trinajstić information content (AvgIpc) is 2.26. The minimum absolute atomic E-state index is 0.0551. The molecule has 0 fully saturated rings. The first-order valence-electron chi connectivity index (χ1n) is 7.56. The first kappa shape index (κ1) is 19.8. The molecule has 2 atom stereocenters. The SMILES string of the molecule is CCOC(OCC)OC(OC(C)C(C)(C)C)C(C)(C)C. The van der Waals surface area contributed by atoms with Crippen molar-refractivity contribution in [3.8, 4) is 0 Å². The maximum absolute atomic E-state index is 6.12. The largest absolute Gasteiger partial charge is 0.348 e. The van der Waals surface area contributed by atoms with Crippen molar-refractivity contribution in [2.75, 3.05) is 13.2 Å². The molecule has 0 saturated heterocycles. The zero-order valence-corrected chi connectivity index (χ0v) is 14.8. The van der Waals surface area contributed by atoms with Crippen molar-refractivity contribution in [1.82, 2.24) is 0 Å². The zero-order valence-electron chi connectivity index (χ0n) is 14.8. The first-order valence-corrected chi connectivity index (χ1v) is 7.56. The molecule has 122 valence electrons. The molecule has 0 aliphatic heterocycles. The van der Waals surface area contributed by atoms with Crippen LogP contribution in [-0.4, -0.2) is 32.1 Å². The molecule has 0 aromatic rings. The number of hydrogen-bond acceptors (Lipinski definition) is 4. The number of hydrogen-bond donors (Lipinski definition) is 0. The Morgan fingerprint density at radius 3 is 1.50 bits per heavy atom. The Hall–Kier alpha value is -0.160. The molecule has 0 bridgehead atoms. The molecule has 0 heterocycles. The van der Waals surface area contributed by atoms with Crippen molar-refractivity contribution in [2.24, 2.45) is 10.8 Å². The molecule has 0 saturated carbocycles. The Morgan fingerprint density at radius 2 is 1.20 bits per heavy atom. The van der Waals surface area contributed by atoms with E-state index in [0.717, 1.165) is 0 Å². The van der Waals surface area contributed by atoms with Gasteiger partial charge in [-0.1, -0.05) is 41.5 Å². The van der Waals surface area contributed by atoms with Crippen LogP contribution in [0.4, 0.5) is 0 Å². The molecule has 20 heavy (non-hydrogen) atoms. The van der Waals surface area contributed by atoms with E-state index in [9.17, 15) is 0 Å². The molecule has 0 amide bonds. The van der Waals surface area contributed by atoms with Gasteiger partial charge in [0.05, 0.1) is 6.10 Å². The lowest BCUT2D eigenvalue weighted by Gasteiger charge is -2.38. The first-order chi connectivity index (χ1) is 9.02. The van der Waals surface area contributed by atoms with Gasteiger partial charge in [0.1, 0.15) is 0 Å². The van der Waals surface area contributed by atoms with E-state index < -0.39 is 6.48 Å². The lowest BCUT2D eigenvalue weighted by molar-refractivity contribution is -0.365. The molecule has 2 unspecified atom stereocenters. The third-order valence-corrected chi connectivity index (χ3v) is 3.09. The van der Waals surface area contributed by atoms with Gasteiger partial charge in [0.15, 0.2) is 6.29 Å². The average molecular weight is 290 g/mol. The van der Waals surface area contributed by atoms with Gasteiger partial charge in [-0.2, -0.15) is 0 Å². The normalized spacial score (nSPS) is 16.5. The summed E-state index contributed by atoms with van der Waals surface area (Å²) in [6.45, 7) is 19.0. The molecule has 0 spiro atoms. The molecular formula is C16H34O4. The predicted molar refractivity (Wildman–Crippen MR) is 81.4 cm³/mol. The molecule has 0 rings (SSSR count). The quantitative estimate of drug-likeness (QED) is 0.628. The summed E-state index contributed by atoms with van der Waals surface area (Å²) < 4.78 is 22.9. The van der Waals surface area contributed by atoms with Crippen LogP contribution in [0.15, 0.2) is 0 Å². The van der Waals surface area contributed by atoms with Crippen LogP contribution >= 0.6 is 0 Å². The third-order valence-electron chi connectivity index (χ3n) is 3.09. The Kier molecular flexibility index (Phi) is 8.26. The van der Waals surface area contributed by atoms with Crippen molar-refractivity contribution in [3.63, 3.8) is 0 Å². The Morgan fingerprint density at radius 1 is 0.750 bits per heavy atom. The highest BCUT2D eigenvalue weighted by Crippen LogP contribution is 2.30. The molecule has 4 heteroatoms. The van der Waals surface area contributed by atoms with Crippen LogP contribution in [-0.2, 0) is 18.9 Å². The van der Waals surface area contributed by atoms with Crippen LogP contribution in [0.3, 0.4) is 0 Å². The van der Waals surface area contributed by atoms with Gasteiger partial charge in [-0.3, -0.25) is 4.74 Å². The molecule has 0 aliphatic rings. The fourth-order valence-electron chi connectivity index (χ4n) is 1.33. The van der Waals surface area contributed by atoms with E-state index in [4.69, 9.17) is 18.9 Å². The van der Waals surface area contributed by atoms with E-state index in [-0.39, 0.29) is 23.2 Å². The number of ether oxygens (including phenoxy) is 4. The van der Waals surface area contributed by atoms with Crippen LogP contribution in [0, 0.1) is 10.8 Å². The van der Waals surface area contributed by atoms with Crippen LogP contribution in [0.5, 0.6) is 0 Å². The third kappa shape index (κ3) is 7.58. The van der Waals surface area contributed by atoms with Crippen molar-refractivity contribution in [2.45, 2.75) is 81.2 Å². The predicted octanol–water partition coefficient (Wildman–Crippen LogP) is 4.18. The zero-order chi connectivity index (χ0) is 16.0. The molecular weight excluding hydrogens is 256 g/mol. The van der Waals surface area contributed by atoms with Gasteiger partial charge < -0.3 is 14.2 Å². The van der Waals surface area contributed by atoms with Crippen LogP contribution in [0.2, 0.25) is 0 Å². The van der Waals surface area contributed by atoms with E-state index >= 15 is 0 Å². The van der Waals surface area contributed by atoms with Crippen molar-refractivity contribution >= 4 is 0 Å². The summed E-state index contributed by atoms with van der Waals surface area (Å²) in [4.78, 5) is 0. The highest BCUT2D eigenvalue weighted by atomic mass is 16.9. The smallest absolute Gasteiger partial charge is 0.273 e. The highest BCUT2D eigenvalue weighted by Gasteiger charge is 2.34. The summed E-state index contributed by atoms with van der Waals surface area (Å²) in [6, 6.07) is 0. The summed E-state index contributed by atoms with van der Waals surface area (Å²) in [7, 11) is 0. The lowest BCUT2D eigenvalue weighted by Crippen LogP contribution is -2.42. The fraction of sp³-hybridized carbons (Fsp3) is 1.00. The van der Waals surface area contributed by atoms with Gasteiger partial charge >= 0.3 is 0 Å². The highest BCUT2D eigenvalue weighted by molar-refractivity contribution is 4.74. The van der Waals surface area contributed by atoms with Gasteiger partial charge in [-0.25, -0.2) is 0 Å². The minimum Gasteiger partial charge on any atom is -0.348 e. The van der Waals surface area contributed by atoms with Gasteiger partial charge in [-0.05, 0) is 26.2 Å². The molecule has 0 aliphatic carbocycles. The van der Waals surface area contributed by atoms with Gasteiger partial charge in [0, 0.05) is 18.6 Å². The molecule has 0 N–H and O–H groups in total. The molecule has 4 nitrogen and oxygen atoms in total. The van der Waals surface area contributed by atoms with Crippen LogP contribution in [0.25, 0.3) is 0 Å². The maximum atomic E-state index is 6.12. The second-order valence-electron chi connectivity index (χ2n) is 7.18. The van der Waals surface area contributed by atoms with Crippen molar-refractivity contribution in [3.05, 3.63) is 0 Å². The molecule has 0 aromatic carbocycles. The van der Waals surface area contributed by atoms with E-state index in [1.165, 1.54) is 0 Å². The Balaban J connectivity index is 4.80. The topological polar surface area (TPSA) is 36.9 Å². The van der Waals surface area contributed by atoms with Crippen LogP contribution in [0.1, 0.15) is 62.3 Å². The summed E-state index contributed by atoms with van der Waals surface area (Å²) in [6.07, 6.45) is -0.324. The minimum atomic E-state index is -0.679. The van der Waals surface area contributed by atoms with E-state index in [1.54, 1.807) is 0 Å². The number of rotatable bonds is 8. The summed E-state index contributed by atoms with van der Waals surface area (Å²) >= 11 is 0. The van der Waals surface area contributed by atoms with Gasteiger partial charge in [-0.15, -0.1) is 0 Å². The summed E-state index contributed by atoms with van der Waals surface area (Å²) in [5.41, 5.74) is -0.106. The Labute approximate surface area is 125 Å². The summed E-state index contributed by atoms with van der Waals surface area (Å²) in [5.74, 6) is 0. The van der Waals surface area contributed by atoms with Gasteiger partial charge in [0.2, 0.25) is 0 Å². The van der Waals surface area contributed by atoms with Crippen molar-refractivity contribution < 1.29 is 18.9 Å².